The third-order valence-corrected chi connectivity index (χ3v) is 3.35. The summed E-state index contributed by atoms with van der Waals surface area (Å²) in [6.07, 6.45) is 0. The first-order valence-electron chi connectivity index (χ1n) is 6.21. The monoisotopic (exact) mass is 332 g/mol. The van der Waals surface area contributed by atoms with Gasteiger partial charge >= 0.3 is 0 Å². The van der Waals surface area contributed by atoms with Gasteiger partial charge in [0.25, 0.3) is 5.91 Å². The highest BCUT2D eigenvalue weighted by molar-refractivity contribution is 6.34. The van der Waals surface area contributed by atoms with Crippen LogP contribution in [0.25, 0.3) is 11.1 Å². The lowest BCUT2D eigenvalue weighted by Gasteiger charge is -2.13. The van der Waals surface area contributed by atoms with Crippen molar-refractivity contribution in [3.63, 3.8) is 0 Å². The summed E-state index contributed by atoms with van der Waals surface area (Å²) >= 11 is 5.93. The number of guanidine groups is 1. The Kier molecular flexibility index (Phi) is 4.48. The molecule has 0 saturated heterocycles. The molecule has 0 heterocycles. The predicted octanol–water partition coefficient (Wildman–Crippen LogP) is 2.14. The molecule has 2 rings (SSSR count). The summed E-state index contributed by atoms with van der Waals surface area (Å²) in [5.74, 6) is -2.70. The Morgan fingerprint density at radius 1 is 1.30 bits per heavy atom. The van der Waals surface area contributed by atoms with Gasteiger partial charge in [0, 0.05) is 11.1 Å². The Morgan fingerprint density at radius 2 is 2.00 bits per heavy atom. The minimum Gasteiger partial charge on any atom is -0.507 e. The zero-order valence-electron chi connectivity index (χ0n) is 11.5. The van der Waals surface area contributed by atoms with E-state index in [2.05, 4.69) is 4.99 Å². The van der Waals surface area contributed by atoms with E-state index in [1.165, 1.54) is 18.2 Å². The molecular formula is C15H10ClFN4O2. The van der Waals surface area contributed by atoms with Crippen molar-refractivity contribution in [3.05, 3.63) is 52.3 Å². The molecule has 5 N–H and O–H groups in total. The number of aromatic hydroxyl groups is 1. The van der Waals surface area contributed by atoms with Gasteiger partial charge in [-0.05, 0) is 18.2 Å². The fourth-order valence-electron chi connectivity index (χ4n) is 2.05. The van der Waals surface area contributed by atoms with Gasteiger partial charge in [0.1, 0.15) is 11.6 Å². The number of carbonyl (C=O) groups excluding carboxylic acids is 1. The van der Waals surface area contributed by atoms with Gasteiger partial charge in [0.05, 0.1) is 22.2 Å². The van der Waals surface area contributed by atoms with Crippen molar-refractivity contribution >= 4 is 23.5 Å². The summed E-state index contributed by atoms with van der Waals surface area (Å²) in [4.78, 5) is 15.5. The summed E-state index contributed by atoms with van der Waals surface area (Å²) in [6, 6.07) is 8.17. The highest BCUT2D eigenvalue weighted by Gasteiger charge is 2.23. The maximum absolute atomic E-state index is 13.7. The third-order valence-electron chi connectivity index (χ3n) is 2.97. The second-order valence-corrected chi connectivity index (χ2v) is 4.82. The summed E-state index contributed by atoms with van der Waals surface area (Å²) in [6.45, 7) is 0. The van der Waals surface area contributed by atoms with E-state index in [0.29, 0.717) is 0 Å². The number of phenolic OH excluding ortho intramolecular Hbond substituents is 1. The number of benzene rings is 2. The van der Waals surface area contributed by atoms with E-state index in [9.17, 15) is 19.6 Å². The van der Waals surface area contributed by atoms with Crippen LogP contribution in [0.1, 0.15) is 15.9 Å². The number of hydrogen-bond donors (Lipinski definition) is 3. The number of nitriles is 1. The van der Waals surface area contributed by atoms with E-state index in [1.807, 2.05) is 6.07 Å². The van der Waals surface area contributed by atoms with Crippen LogP contribution in [0.5, 0.6) is 5.75 Å². The van der Waals surface area contributed by atoms with Gasteiger partial charge in [-0.2, -0.15) is 10.3 Å². The van der Waals surface area contributed by atoms with Crippen molar-refractivity contribution in [1.82, 2.24) is 0 Å². The minimum atomic E-state index is -0.977. The fourth-order valence-corrected chi connectivity index (χ4v) is 2.27. The minimum absolute atomic E-state index is 0.00411. The SMILES string of the molecule is N#Cc1ccc(O)c(C(=O)N=C(N)N)c1-c1cccc(F)c1Cl. The molecule has 0 aliphatic heterocycles. The van der Waals surface area contributed by atoms with Gasteiger partial charge in [0.15, 0.2) is 5.96 Å². The van der Waals surface area contributed by atoms with E-state index in [4.69, 9.17) is 23.1 Å². The summed E-state index contributed by atoms with van der Waals surface area (Å²) < 4.78 is 13.7. The van der Waals surface area contributed by atoms with Crippen molar-refractivity contribution in [2.45, 2.75) is 0 Å². The molecule has 0 spiro atoms. The second-order valence-electron chi connectivity index (χ2n) is 4.44. The van der Waals surface area contributed by atoms with E-state index in [-0.39, 0.29) is 27.3 Å². The molecule has 0 saturated carbocycles. The molecule has 23 heavy (non-hydrogen) atoms. The Morgan fingerprint density at radius 3 is 2.61 bits per heavy atom. The molecule has 0 atom stereocenters. The highest BCUT2D eigenvalue weighted by atomic mass is 35.5. The van der Waals surface area contributed by atoms with Gasteiger partial charge in [0.2, 0.25) is 0 Å². The zero-order chi connectivity index (χ0) is 17.1. The molecule has 0 aliphatic rings. The first-order valence-corrected chi connectivity index (χ1v) is 6.59. The third kappa shape index (κ3) is 3.07. The lowest BCUT2D eigenvalue weighted by Crippen LogP contribution is -2.24. The largest absolute Gasteiger partial charge is 0.507 e. The molecule has 0 aromatic heterocycles. The number of hydrogen-bond acceptors (Lipinski definition) is 3. The van der Waals surface area contributed by atoms with Crippen molar-refractivity contribution in [3.8, 4) is 22.9 Å². The highest BCUT2D eigenvalue weighted by Crippen LogP contribution is 2.38. The molecule has 0 aliphatic carbocycles. The zero-order valence-corrected chi connectivity index (χ0v) is 12.3. The van der Waals surface area contributed by atoms with Crippen molar-refractivity contribution < 1.29 is 14.3 Å². The van der Waals surface area contributed by atoms with Crippen LogP contribution in [0.15, 0.2) is 35.3 Å². The molecule has 8 heteroatoms. The van der Waals surface area contributed by atoms with Crippen molar-refractivity contribution in [2.24, 2.45) is 16.5 Å². The molecule has 0 fully saturated rings. The number of aliphatic imine (C=N–C) groups is 1. The Labute approximate surface area is 135 Å². The molecule has 0 bridgehead atoms. The Hall–Kier alpha value is -3.11. The van der Waals surface area contributed by atoms with Crippen molar-refractivity contribution in [2.75, 3.05) is 0 Å². The standard InChI is InChI=1S/C15H10ClFN4O2/c16-13-8(2-1-3-9(13)17)11-7(6-18)4-5-10(22)12(11)14(23)21-15(19)20/h1-5,22H,(H4,19,20,21,23). The van der Waals surface area contributed by atoms with Crippen LogP contribution < -0.4 is 11.5 Å². The average molecular weight is 333 g/mol. The molecule has 116 valence electrons. The predicted molar refractivity (Wildman–Crippen MR) is 83.4 cm³/mol. The van der Waals surface area contributed by atoms with Crippen LogP contribution in [0.2, 0.25) is 5.02 Å². The average Bonchev–Trinajstić information content (AvgIpc) is 2.49. The molecule has 2 aromatic rings. The van der Waals surface area contributed by atoms with Crippen LogP contribution in [0.4, 0.5) is 4.39 Å². The molecule has 0 unspecified atom stereocenters. The fraction of sp³-hybridized carbons (Fsp3) is 0. The smallest absolute Gasteiger partial charge is 0.284 e. The Bertz CT molecular complexity index is 871. The normalized spacial score (nSPS) is 9.96. The first-order chi connectivity index (χ1) is 10.9. The summed E-state index contributed by atoms with van der Waals surface area (Å²) in [5, 5.41) is 19.0. The number of rotatable bonds is 2. The Balaban J connectivity index is 2.88. The maximum atomic E-state index is 13.7. The quantitative estimate of drug-likeness (QED) is 0.573. The molecule has 0 radical (unpaired) electrons. The number of nitrogens with two attached hydrogens (primary N) is 2. The lowest BCUT2D eigenvalue weighted by molar-refractivity contribution is 0.100. The number of phenols is 1. The number of halogens is 2. The lowest BCUT2D eigenvalue weighted by atomic mass is 9.93. The van der Waals surface area contributed by atoms with Crippen LogP contribution in [0.3, 0.4) is 0 Å². The van der Waals surface area contributed by atoms with Gasteiger partial charge in [-0.15, -0.1) is 0 Å². The van der Waals surface area contributed by atoms with Crippen LogP contribution >= 0.6 is 11.6 Å². The van der Waals surface area contributed by atoms with Crippen molar-refractivity contribution in [1.29, 1.82) is 5.26 Å². The van der Waals surface area contributed by atoms with Gasteiger partial charge in [-0.1, -0.05) is 23.7 Å². The molecule has 2 aromatic carbocycles. The van der Waals surface area contributed by atoms with Gasteiger partial charge in [-0.25, -0.2) is 4.39 Å². The number of nitrogens with zero attached hydrogens (tertiary/aromatic N) is 2. The van der Waals surface area contributed by atoms with Gasteiger partial charge in [-0.3, -0.25) is 4.79 Å². The van der Waals surface area contributed by atoms with Crippen LogP contribution in [0, 0.1) is 17.1 Å². The molecule has 1 amide bonds. The molecular weight excluding hydrogens is 323 g/mol. The van der Waals surface area contributed by atoms with Crippen LogP contribution in [-0.4, -0.2) is 17.0 Å². The maximum Gasteiger partial charge on any atom is 0.284 e. The topological polar surface area (TPSA) is 125 Å². The number of carbonyl (C=O) groups is 1. The summed E-state index contributed by atoms with van der Waals surface area (Å²) in [7, 11) is 0. The van der Waals surface area contributed by atoms with Gasteiger partial charge < -0.3 is 16.6 Å². The van der Waals surface area contributed by atoms with Crippen LogP contribution in [-0.2, 0) is 0 Å². The van der Waals surface area contributed by atoms with E-state index >= 15 is 0 Å². The van der Waals surface area contributed by atoms with E-state index in [0.717, 1.165) is 12.1 Å². The second kappa shape index (κ2) is 6.34. The summed E-state index contributed by atoms with van der Waals surface area (Å²) in [5.41, 5.74) is 10.0. The van der Waals surface area contributed by atoms with E-state index in [1.54, 1.807) is 0 Å². The van der Waals surface area contributed by atoms with E-state index < -0.39 is 23.4 Å². The number of amides is 1. The molecule has 6 nitrogen and oxygen atoms in total. The first kappa shape index (κ1) is 16.3.